The number of nitrogens with one attached hydrogen (secondary N) is 2. The third-order valence-electron chi connectivity index (χ3n) is 5.87. The maximum atomic E-state index is 12.8. The highest BCUT2D eigenvalue weighted by Crippen LogP contribution is 2.24. The van der Waals surface area contributed by atoms with Crippen LogP contribution in [0.3, 0.4) is 0 Å². The number of para-hydroxylation sites is 1. The van der Waals surface area contributed by atoms with E-state index in [0.29, 0.717) is 19.0 Å². The van der Waals surface area contributed by atoms with Crippen molar-refractivity contribution in [1.29, 1.82) is 0 Å². The zero-order chi connectivity index (χ0) is 22.2. The Balaban J connectivity index is 1.43. The zero-order valence-electron chi connectivity index (χ0n) is 18.8. The highest BCUT2D eigenvalue weighted by atomic mass is 16.2. The predicted octanol–water partition coefficient (Wildman–Crippen LogP) is 3.07. The van der Waals surface area contributed by atoms with Crippen molar-refractivity contribution in [2.75, 3.05) is 38.0 Å². The van der Waals surface area contributed by atoms with E-state index in [1.54, 1.807) is 0 Å². The molecule has 2 aromatic rings. The SMILES string of the molecule is CC(C)c1ccccc1NC(=O)C(C)N1CCN(CC(=O)NCc2ccccc2)CC1. The van der Waals surface area contributed by atoms with E-state index in [1.807, 2.05) is 55.5 Å². The molecule has 1 heterocycles. The van der Waals surface area contributed by atoms with Crippen molar-refractivity contribution in [3.63, 3.8) is 0 Å². The fourth-order valence-corrected chi connectivity index (χ4v) is 3.88. The first-order chi connectivity index (χ1) is 14.9. The average Bonchev–Trinajstić information content (AvgIpc) is 2.78. The van der Waals surface area contributed by atoms with Gasteiger partial charge in [0.25, 0.3) is 0 Å². The monoisotopic (exact) mass is 422 g/mol. The molecule has 0 aliphatic carbocycles. The predicted molar refractivity (Wildman–Crippen MR) is 125 cm³/mol. The van der Waals surface area contributed by atoms with E-state index in [2.05, 4.69) is 40.3 Å². The standard InChI is InChI=1S/C25H34N4O2/c1-19(2)22-11-7-8-12-23(22)27-25(31)20(3)29-15-13-28(14-16-29)18-24(30)26-17-21-9-5-4-6-10-21/h4-12,19-20H,13-18H2,1-3H3,(H,26,30)(H,27,31). The van der Waals surface area contributed by atoms with E-state index in [-0.39, 0.29) is 17.9 Å². The van der Waals surface area contributed by atoms with E-state index in [0.717, 1.165) is 43.0 Å². The molecule has 0 spiro atoms. The number of nitrogens with zero attached hydrogens (tertiary/aromatic N) is 2. The van der Waals surface area contributed by atoms with Gasteiger partial charge in [-0.2, -0.15) is 0 Å². The fourth-order valence-electron chi connectivity index (χ4n) is 3.88. The van der Waals surface area contributed by atoms with Crippen LogP contribution in [0.5, 0.6) is 0 Å². The second-order valence-corrected chi connectivity index (χ2v) is 8.48. The van der Waals surface area contributed by atoms with Gasteiger partial charge in [-0.05, 0) is 30.0 Å². The summed E-state index contributed by atoms with van der Waals surface area (Å²) in [4.78, 5) is 29.4. The Morgan fingerprint density at radius 2 is 1.55 bits per heavy atom. The van der Waals surface area contributed by atoms with Gasteiger partial charge in [-0.3, -0.25) is 19.4 Å². The number of carbonyl (C=O) groups is 2. The lowest BCUT2D eigenvalue weighted by Crippen LogP contribution is -2.54. The third-order valence-corrected chi connectivity index (χ3v) is 5.87. The van der Waals surface area contributed by atoms with Crippen LogP contribution >= 0.6 is 0 Å². The van der Waals surface area contributed by atoms with Crippen molar-refractivity contribution in [3.05, 3.63) is 65.7 Å². The molecule has 3 rings (SSSR count). The Kier molecular flexibility index (Phi) is 8.20. The number of benzene rings is 2. The van der Waals surface area contributed by atoms with Crippen molar-refractivity contribution < 1.29 is 9.59 Å². The summed E-state index contributed by atoms with van der Waals surface area (Å²) in [5.74, 6) is 0.402. The first-order valence-electron chi connectivity index (χ1n) is 11.1. The molecule has 6 nitrogen and oxygen atoms in total. The Bertz CT molecular complexity index is 861. The van der Waals surface area contributed by atoms with Gasteiger partial charge in [0.15, 0.2) is 0 Å². The molecule has 0 saturated carbocycles. The lowest BCUT2D eigenvalue weighted by atomic mass is 10.0. The smallest absolute Gasteiger partial charge is 0.241 e. The van der Waals surface area contributed by atoms with E-state index in [4.69, 9.17) is 0 Å². The van der Waals surface area contributed by atoms with Crippen molar-refractivity contribution in [2.24, 2.45) is 0 Å². The molecule has 6 heteroatoms. The summed E-state index contributed by atoms with van der Waals surface area (Å²) in [7, 11) is 0. The molecule has 1 atom stereocenters. The molecule has 1 aliphatic heterocycles. The van der Waals surface area contributed by atoms with Crippen LogP contribution < -0.4 is 10.6 Å². The van der Waals surface area contributed by atoms with E-state index < -0.39 is 0 Å². The maximum Gasteiger partial charge on any atom is 0.241 e. The molecule has 1 fully saturated rings. The van der Waals surface area contributed by atoms with Gasteiger partial charge in [-0.15, -0.1) is 0 Å². The average molecular weight is 423 g/mol. The number of anilines is 1. The highest BCUT2D eigenvalue weighted by Gasteiger charge is 2.26. The minimum atomic E-state index is -0.214. The van der Waals surface area contributed by atoms with Gasteiger partial charge in [0.1, 0.15) is 0 Å². The van der Waals surface area contributed by atoms with Gasteiger partial charge in [0.2, 0.25) is 11.8 Å². The Morgan fingerprint density at radius 1 is 0.903 bits per heavy atom. The Labute approximate surface area is 185 Å². The minimum absolute atomic E-state index is 0.0159. The van der Waals surface area contributed by atoms with Crippen LogP contribution in [0.15, 0.2) is 54.6 Å². The number of piperazine rings is 1. The largest absolute Gasteiger partial charge is 0.351 e. The van der Waals surface area contributed by atoms with Crippen molar-refractivity contribution >= 4 is 17.5 Å². The molecule has 2 aromatic carbocycles. The van der Waals surface area contributed by atoms with Crippen molar-refractivity contribution in [2.45, 2.75) is 39.3 Å². The minimum Gasteiger partial charge on any atom is -0.351 e. The van der Waals surface area contributed by atoms with E-state index in [9.17, 15) is 9.59 Å². The van der Waals surface area contributed by atoms with Gasteiger partial charge in [-0.1, -0.05) is 62.4 Å². The van der Waals surface area contributed by atoms with Crippen LogP contribution in [-0.2, 0) is 16.1 Å². The summed E-state index contributed by atoms with van der Waals surface area (Å²) >= 11 is 0. The van der Waals surface area contributed by atoms with Crippen LogP contribution in [0.2, 0.25) is 0 Å². The summed E-state index contributed by atoms with van der Waals surface area (Å²) in [6.07, 6.45) is 0. The molecule has 2 amide bonds. The molecule has 166 valence electrons. The molecular formula is C25H34N4O2. The Morgan fingerprint density at radius 3 is 2.23 bits per heavy atom. The lowest BCUT2D eigenvalue weighted by molar-refractivity contribution is -0.124. The van der Waals surface area contributed by atoms with Crippen LogP contribution in [0.4, 0.5) is 5.69 Å². The molecule has 2 N–H and O–H groups in total. The van der Waals surface area contributed by atoms with Crippen molar-refractivity contribution in [3.8, 4) is 0 Å². The molecule has 31 heavy (non-hydrogen) atoms. The summed E-state index contributed by atoms with van der Waals surface area (Å²) in [5.41, 5.74) is 3.14. The van der Waals surface area contributed by atoms with Gasteiger partial charge >= 0.3 is 0 Å². The van der Waals surface area contributed by atoms with Crippen molar-refractivity contribution in [1.82, 2.24) is 15.1 Å². The normalized spacial score (nSPS) is 16.1. The molecule has 0 aromatic heterocycles. The van der Waals surface area contributed by atoms with Crippen LogP contribution in [0.1, 0.15) is 37.8 Å². The fraction of sp³-hybridized carbons (Fsp3) is 0.440. The van der Waals surface area contributed by atoms with Crippen LogP contribution in [-0.4, -0.2) is 60.4 Å². The number of amides is 2. The number of hydrogen-bond donors (Lipinski definition) is 2. The van der Waals surface area contributed by atoms with E-state index >= 15 is 0 Å². The quantitative estimate of drug-likeness (QED) is 0.686. The topological polar surface area (TPSA) is 64.7 Å². The first-order valence-corrected chi connectivity index (χ1v) is 11.1. The first kappa shape index (κ1) is 23.0. The lowest BCUT2D eigenvalue weighted by Gasteiger charge is -2.37. The summed E-state index contributed by atoms with van der Waals surface area (Å²) in [6, 6.07) is 17.7. The maximum absolute atomic E-state index is 12.8. The third kappa shape index (κ3) is 6.64. The molecule has 1 saturated heterocycles. The molecule has 0 radical (unpaired) electrons. The zero-order valence-corrected chi connectivity index (χ0v) is 18.8. The number of hydrogen-bond acceptors (Lipinski definition) is 4. The van der Waals surface area contributed by atoms with Crippen LogP contribution in [0.25, 0.3) is 0 Å². The van der Waals surface area contributed by atoms with Gasteiger partial charge in [0, 0.05) is 38.4 Å². The van der Waals surface area contributed by atoms with E-state index in [1.165, 1.54) is 0 Å². The summed E-state index contributed by atoms with van der Waals surface area (Å²) in [5, 5.41) is 6.09. The number of rotatable bonds is 8. The molecule has 1 unspecified atom stereocenters. The summed E-state index contributed by atoms with van der Waals surface area (Å²) < 4.78 is 0. The van der Waals surface area contributed by atoms with Gasteiger partial charge in [0.05, 0.1) is 12.6 Å². The molecular weight excluding hydrogens is 388 g/mol. The molecule has 0 bridgehead atoms. The highest BCUT2D eigenvalue weighted by molar-refractivity contribution is 5.95. The number of carbonyl (C=O) groups excluding carboxylic acids is 2. The van der Waals surface area contributed by atoms with Gasteiger partial charge in [-0.25, -0.2) is 0 Å². The van der Waals surface area contributed by atoms with Gasteiger partial charge < -0.3 is 10.6 Å². The summed E-state index contributed by atoms with van der Waals surface area (Å²) in [6.45, 7) is 10.2. The molecule has 1 aliphatic rings. The second-order valence-electron chi connectivity index (χ2n) is 8.48. The second kappa shape index (κ2) is 11.1. The van der Waals surface area contributed by atoms with Crippen LogP contribution in [0, 0.1) is 0 Å². The Hall–Kier alpha value is -2.70.